The highest BCUT2D eigenvalue weighted by molar-refractivity contribution is 7.75. The minimum atomic E-state index is -3.87. The maximum absolute atomic E-state index is 15.4. The summed E-state index contributed by atoms with van der Waals surface area (Å²) in [7, 11) is -7.72. The monoisotopic (exact) mass is 1650 g/mol. The Morgan fingerprint density at radius 1 is 0.295 bits per heavy atom. The molecule has 610 valence electrons. The molecule has 2 aliphatic rings. The summed E-state index contributed by atoms with van der Waals surface area (Å²) in [6, 6.07) is 85.4. The standard InChI is InChI=1S/C106H92O14P2/c1-63(2)105(107)117-84-48-49-95(99(58-84)121(109)97-29-21-17-25-89(97)87-23-15-19-27-93(87)119-121)112-60-76-33-41-80(42-34-76)82-45-37-78(38-46-82)62-114-102-67(7)53-86(54-68(102)8)116-104-70(10)56-92(72(12)74(104)14)91-55-69(9)103(73(13)71(91)11)115-85-51-65(5)101(66(6)52-85)113-61-77-35-43-81(44-36-77)79-39-31-75(32-40-79)59-111-83-47-50-96(118-106(108)64(3)4)100(57-83)122(110)98-30-22-18-26-90(98)88-24-16-20-28-94(88)120-122/h15-58H,1,3,59-62H2,2,4-14H3. The van der Waals surface area contributed by atoms with Crippen LogP contribution in [0.1, 0.15) is 91.7 Å². The molecule has 0 spiro atoms. The molecule has 0 aliphatic carbocycles. The van der Waals surface area contributed by atoms with Crippen LogP contribution in [0.15, 0.2) is 291 Å². The lowest BCUT2D eigenvalue weighted by Crippen LogP contribution is -2.27. The van der Waals surface area contributed by atoms with Gasteiger partial charge in [-0.1, -0.05) is 183 Å². The SMILES string of the molecule is C=C(C)C(=O)Oc1ccc(OCc2ccc(-c3ccc(COc4c(C)cc(Oc5c(C)cc(-c6cc(C)c(Oc7cc(C)c(OCc8ccc(-c9ccc(COc%10ccc(OC(=O)C(=C)C)c(P%11(=O)Oc%12ccccc%12-c%12ccccc%12%11)c%10)cc9)cc8)c(C)c7)c(C)c6C)c(C)c5C)cc4C)cc3)cc2)c(P2(=O)Oc3ccccc3-c3ccccc32)c1. The van der Waals surface area contributed by atoms with E-state index in [9.17, 15) is 9.59 Å². The van der Waals surface area contributed by atoms with E-state index >= 15 is 9.13 Å². The molecule has 0 fully saturated rings. The summed E-state index contributed by atoms with van der Waals surface area (Å²) in [4.78, 5) is 25.6. The van der Waals surface area contributed by atoms with Gasteiger partial charge in [-0.15, -0.1) is 0 Å². The predicted molar refractivity (Wildman–Crippen MR) is 486 cm³/mol. The predicted octanol–water partition coefficient (Wildman–Crippen LogP) is 25.2. The summed E-state index contributed by atoms with van der Waals surface area (Å²) < 4.78 is 94.5. The van der Waals surface area contributed by atoms with Crippen LogP contribution in [0.4, 0.5) is 0 Å². The van der Waals surface area contributed by atoms with Crippen molar-refractivity contribution in [1.82, 2.24) is 0 Å². The Labute approximate surface area is 712 Å². The average molecular weight is 1650 g/mol. The minimum Gasteiger partial charge on any atom is -0.489 e. The Hall–Kier alpha value is -13.6. The van der Waals surface area contributed by atoms with Gasteiger partial charge in [0.1, 0.15) is 95.4 Å². The van der Waals surface area contributed by atoms with E-state index in [4.69, 9.17) is 46.9 Å². The van der Waals surface area contributed by atoms with E-state index in [-0.39, 0.29) is 46.5 Å². The number of benzene rings is 14. The molecule has 16 rings (SSSR count). The molecule has 122 heavy (non-hydrogen) atoms. The molecular weight excluding hydrogens is 1560 g/mol. The van der Waals surface area contributed by atoms with Crippen molar-refractivity contribution in [2.24, 2.45) is 0 Å². The third kappa shape index (κ3) is 16.6. The van der Waals surface area contributed by atoms with Gasteiger partial charge in [0.25, 0.3) is 0 Å². The molecular formula is C106H92O14P2. The lowest BCUT2D eigenvalue weighted by Gasteiger charge is -2.30. The first-order valence-corrected chi connectivity index (χ1v) is 43.7. The molecule has 14 aromatic carbocycles. The van der Waals surface area contributed by atoms with Crippen molar-refractivity contribution in [3.63, 3.8) is 0 Å². The van der Waals surface area contributed by atoms with E-state index < -0.39 is 26.7 Å². The van der Waals surface area contributed by atoms with Crippen molar-refractivity contribution in [3.8, 4) is 125 Å². The molecule has 2 heterocycles. The fourth-order valence-corrected chi connectivity index (χ4v) is 20.6. The molecule has 14 nitrogen and oxygen atoms in total. The lowest BCUT2D eigenvalue weighted by atomic mass is 9.88. The van der Waals surface area contributed by atoms with Crippen molar-refractivity contribution >= 4 is 47.9 Å². The van der Waals surface area contributed by atoms with Crippen LogP contribution in [-0.4, -0.2) is 11.9 Å². The molecule has 2 unspecified atom stereocenters. The highest BCUT2D eigenvalue weighted by Gasteiger charge is 2.43. The molecule has 0 N–H and O–H groups in total. The van der Waals surface area contributed by atoms with Crippen LogP contribution < -0.4 is 68.2 Å². The van der Waals surface area contributed by atoms with Gasteiger partial charge in [0.2, 0.25) is 0 Å². The third-order valence-corrected chi connectivity index (χ3v) is 27.5. The second-order valence-corrected chi connectivity index (χ2v) is 36.0. The minimum absolute atomic E-state index is 0.104. The van der Waals surface area contributed by atoms with Crippen LogP contribution in [0.2, 0.25) is 0 Å². The van der Waals surface area contributed by atoms with Crippen LogP contribution >= 0.6 is 14.7 Å². The van der Waals surface area contributed by atoms with Crippen molar-refractivity contribution in [2.75, 3.05) is 0 Å². The van der Waals surface area contributed by atoms with Gasteiger partial charge >= 0.3 is 26.7 Å². The number of hydrogen-bond donors (Lipinski definition) is 0. The molecule has 0 radical (unpaired) electrons. The largest absolute Gasteiger partial charge is 0.489 e. The van der Waals surface area contributed by atoms with Gasteiger partial charge in [-0.3, -0.25) is 9.13 Å². The third-order valence-electron chi connectivity index (χ3n) is 22.6. The number of esters is 2. The molecule has 0 amide bonds. The first-order chi connectivity index (χ1) is 58.7. The van der Waals surface area contributed by atoms with Crippen LogP contribution in [-0.2, 0) is 45.1 Å². The second-order valence-electron chi connectivity index (χ2n) is 31.5. The molecule has 0 bridgehead atoms. The molecule has 0 aromatic heterocycles. The Morgan fingerprint density at radius 3 is 1.03 bits per heavy atom. The highest BCUT2D eigenvalue weighted by Crippen LogP contribution is 2.58. The van der Waals surface area contributed by atoms with Gasteiger partial charge in [-0.2, -0.15) is 0 Å². The van der Waals surface area contributed by atoms with Gasteiger partial charge in [0, 0.05) is 22.3 Å². The first kappa shape index (κ1) is 82.1. The Bertz CT molecular complexity index is 6570. The van der Waals surface area contributed by atoms with Crippen molar-refractivity contribution in [2.45, 2.75) is 110 Å². The summed E-state index contributed by atoms with van der Waals surface area (Å²) in [6.45, 7) is 32.8. The zero-order valence-corrected chi connectivity index (χ0v) is 72.0. The molecule has 2 atom stereocenters. The molecule has 16 heteroatoms. The van der Waals surface area contributed by atoms with Crippen molar-refractivity contribution < 1.29 is 65.7 Å². The normalized spacial score (nSPS) is 14.1. The number of fused-ring (bicyclic) bond motifs is 6. The van der Waals surface area contributed by atoms with Crippen LogP contribution in [0.3, 0.4) is 0 Å². The molecule has 2 aliphatic heterocycles. The maximum atomic E-state index is 15.4. The number of para-hydroxylation sites is 2. The summed E-state index contributed by atoms with van der Waals surface area (Å²) in [5, 5.41) is 1.51. The first-order valence-electron chi connectivity index (χ1n) is 40.5. The van der Waals surface area contributed by atoms with Gasteiger partial charge in [0.15, 0.2) is 0 Å². The van der Waals surface area contributed by atoms with Crippen LogP contribution in [0.25, 0.3) is 55.6 Å². The summed E-state index contributed by atoms with van der Waals surface area (Å²) in [5.41, 5.74) is 24.3. The Morgan fingerprint density at radius 2 is 0.623 bits per heavy atom. The average Bonchev–Trinajstić information content (AvgIpc) is 0.735. The summed E-state index contributed by atoms with van der Waals surface area (Å²) in [6.07, 6.45) is 0. The van der Waals surface area contributed by atoms with E-state index in [0.717, 1.165) is 168 Å². The van der Waals surface area contributed by atoms with Crippen molar-refractivity contribution in [3.05, 3.63) is 369 Å². The topological polar surface area (TPSA) is 161 Å². The molecule has 14 aromatic rings. The van der Waals surface area contributed by atoms with Crippen LogP contribution in [0.5, 0.6) is 69.0 Å². The highest BCUT2D eigenvalue weighted by atomic mass is 31.2. The van der Waals surface area contributed by atoms with Gasteiger partial charge < -0.3 is 46.9 Å². The van der Waals surface area contributed by atoms with E-state index in [1.165, 1.54) is 0 Å². The van der Waals surface area contributed by atoms with Gasteiger partial charge in [0.05, 0.1) is 21.2 Å². The fraction of sp³-hybridized carbons (Fsp3) is 0.151. The fourth-order valence-electron chi connectivity index (χ4n) is 15.8. The maximum Gasteiger partial charge on any atom is 0.338 e. The number of carbonyl (C=O) groups is 2. The number of hydrogen-bond acceptors (Lipinski definition) is 14. The van der Waals surface area contributed by atoms with E-state index in [1.807, 2.05) is 127 Å². The second kappa shape index (κ2) is 34.2. The smallest absolute Gasteiger partial charge is 0.338 e. The van der Waals surface area contributed by atoms with E-state index in [0.29, 0.717) is 46.8 Å². The quantitative estimate of drug-likeness (QED) is 0.0230. The zero-order valence-electron chi connectivity index (χ0n) is 70.3. The molecule has 0 saturated carbocycles. The number of rotatable bonds is 25. The zero-order chi connectivity index (χ0) is 85.4. The van der Waals surface area contributed by atoms with Crippen LogP contribution in [0, 0.1) is 69.2 Å². The Kier molecular flexibility index (Phi) is 23.0. The van der Waals surface area contributed by atoms with E-state index in [2.05, 4.69) is 167 Å². The summed E-state index contributed by atoms with van der Waals surface area (Å²) in [5.74, 6) is 5.54. The number of carbonyl (C=O) groups excluding carboxylic acids is 2. The van der Waals surface area contributed by atoms with E-state index in [1.54, 1.807) is 68.4 Å². The number of ether oxygens (including phenoxy) is 8. The molecule has 0 saturated heterocycles. The number of aryl methyl sites for hydroxylation is 6. The van der Waals surface area contributed by atoms with Crippen molar-refractivity contribution in [1.29, 1.82) is 0 Å². The van der Waals surface area contributed by atoms with Gasteiger partial charge in [-0.25, -0.2) is 9.59 Å². The van der Waals surface area contributed by atoms with Gasteiger partial charge in [-0.05, 0) is 303 Å². The summed E-state index contributed by atoms with van der Waals surface area (Å²) >= 11 is 0. The lowest BCUT2D eigenvalue weighted by molar-refractivity contribution is -0.130. The Balaban J connectivity index is 0.519.